The lowest BCUT2D eigenvalue weighted by molar-refractivity contribution is 0.467. The highest BCUT2D eigenvalue weighted by Gasteiger charge is 2.09. The molecule has 0 aliphatic rings. The third-order valence-corrected chi connectivity index (χ3v) is 2.96. The molecule has 0 spiro atoms. The van der Waals surface area contributed by atoms with Crippen LogP contribution in [0.1, 0.15) is 22.3 Å². The summed E-state index contributed by atoms with van der Waals surface area (Å²) in [4.78, 5) is 0. The van der Waals surface area contributed by atoms with Crippen LogP contribution in [0.25, 0.3) is 0 Å². The monoisotopic (exact) mass is 162 g/mol. The van der Waals surface area contributed by atoms with Crippen molar-refractivity contribution in [2.45, 2.75) is 27.7 Å². The predicted octanol–water partition coefficient (Wildman–Crippen LogP) is 0.884. The standard InChI is InChI=1S/C10H15BO/c1-5-6(2)9(11)8(4)10(12)7(5)3/h12H,11H2,1-4H3. The van der Waals surface area contributed by atoms with E-state index in [9.17, 15) is 5.11 Å². The molecule has 0 saturated carbocycles. The molecule has 0 radical (unpaired) electrons. The molecule has 0 aliphatic carbocycles. The highest BCUT2D eigenvalue weighted by atomic mass is 16.3. The molecular weight excluding hydrogens is 147 g/mol. The Balaban J connectivity index is 3.60. The van der Waals surface area contributed by atoms with Crippen LogP contribution in [0.2, 0.25) is 0 Å². The van der Waals surface area contributed by atoms with Gasteiger partial charge in [0.2, 0.25) is 0 Å². The summed E-state index contributed by atoms with van der Waals surface area (Å²) in [7, 11) is 2.05. The van der Waals surface area contributed by atoms with Crippen molar-refractivity contribution in [1.82, 2.24) is 0 Å². The molecule has 2 heteroatoms. The molecule has 0 amide bonds. The van der Waals surface area contributed by atoms with Crippen molar-refractivity contribution in [1.29, 1.82) is 0 Å². The average Bonchev–Trinajstić information content (AvgIpc) is 2.08. The lowest BCUT2D eigenvalue weighted by atomic mass is 9.82. The van der Waals surface area contributed by atoms with Gasteiger partial charge < -0.3 is 5.11 Å². The van der Waals surface area contributed by atoms with Crippen LogP contribution in [0.5, 0.6) is 5.75 Å². The van der Waals surface area contributed by atoms with Crippen LogP contribution in [0.15, 0.2) is 0 Å². The van der Waals surface area contributed by atoms with Crippen molar-refractivity contribution >= 4 is 13.3 Å². The van der Waals surface area contributed by atoms with Crippen LogP contribution in [-0.2, 0) is 0 Å². The first-order valence-electron chi connectivity index (χ1n) is 4.22. The summed E-state index contributed by atoms with van der Waals surface area (Å²) < 4.78 is 0. The maximum absolute atomic E-state index is 9.69. The second-order valence-corrected chi connectivity index (χ2v) is 3.47. The molecule has 1 rings (SSSR count). The van der Waals surface area contributed by atoms with Crippen LogP contribution >= 0.6 is 0 Å². The number of phenolic OH excluding ortho intramolecular Hbond substituents is 1. The van der Waals surface area contributed by atoms with Gasteiger partial charge in [0.15, 0.2) is 0 Å². The van der Waals surface area contributed by atoms with Gasteiger partial charge in [-0.3, -0.25) is 0 Å². The van der Waals surface area contributed by atoms with E-state index in [0.717, 1.165) is 11.1 Å². The quantitative estimate of drug-likeness (QED) is 0.561. The largest absolute Gasteiger partial charge is 0.507 e. The molecule has 1 nitrogen and oxygen atoms in total. The molecule has 12 heavy (non-hydrogen) atoms. The molecule has 0 atom stereocenters. The zero-order chi connectivity index (χ0) is 9.46. The minimum absolute atomic E-state index is 0.454. The second-order valence-electron chi connectivity index (χ2n) is 3.47. The molecule has 1 aromatic carbocycles. The molecular formula is C10H15BO. The van der Waals surface area contributed by atoms with E-state index >= 15 is 0 Å². The van der Waals surface area contributed by atoms with Crippen molar-refractivity contribution in [2.24, 2.45) is 0 Å². The Kier molecular flexibility index (Phi) is 2.18. The Morgan fingerprint density at radius 1 is 0.833 bits per heavy atom. The van der Waals surface area contributed by atoms with Crippen molar-refractivity contribution in [2.75, 3.05) is 0 Å². The Morgan fingerprint density at radius 3 is 1.83 bits per heavy atom. The number of hydrogen-bond donors (Lipinski definition) is 1. The lowest BCUT2D eigenvalue weighted by Crippen LogP contribution is -2.14. The van der Waals surface area contributed by atoms with Crippen LogP contribution in [0.3, 0.4) is 0 Å². The van der Waals surface area contributed by atoms with Gasteiger partial charge >= 0.3 is 0 Å². The minimum atomic E-state index is 0.454. The van der Waals surface area contributed by atoms with E-state index in [1.165, 1.54) is 16.6 Å². The highest BCUT2D eigenvalue weighted by Crippen LogP contribution is 2.24. The fourth-order valence-electron chi connectivity index (χ4n) is 1.48. The summed E-state index contributed by atoms with van der Waals surface area (Å²) in [5.74, 6) is 0.454. The summed E-state index contributed by atoms with van der Waals surface area (Å²) in [5.41, 5.74) is 5.72. The molecule has 64 valence electrons. The predicted molar refractivity (Wildman–Crippen MR) is 55.2 cm³/mol. The van der Waals surface area contributed by atoms with E-state index in [1.54, 1.807) is 0 Å². The van der Waals surface area contributed by atoms with Crippen LogP contribution < -0.4 is 5.46 Å². The molecule has 0 bridgehead atoms. The Hall–Kier alpha value is -0.915. The number of aromatic hydroxyl groups is 1. The summed E-state index contributed by atoms with van der Waals surface area (Å²) in [6.07, 6.45) is 0. The van der Waals surface area contributed by atoms with Gasteiger partial charge in [-0.1, -0.05) is 11.0 Å². The van der Waals surface area contributed by atoms with Crippen LogP contribution in [0.4, 0.5) is 0 Å². The van der Waals surface area contributed by atoms with Crippen molar-refractivity contribution < 1.29 is 5.11 Å². The van der Waals surface area contributed by atoms with E-state index in [1.807, 2.05) is 13.8 Å². The number of phenols is 1. The second kappa shape index (κ2) is 2.85. The SMILES string of the molecule is Bc1c(C)c(C)c(C)c(O)c1C. The van der Waals surface area contributed by atoms with Gasteiger partial charge in [0.25, 0.3) is 0 Å². The van der Waals surface area contributed by atoms with Gasteiger partial charge in [0.1, 0.15) is 13.6 Å². The summed E-state index contributed by atoms with van der Waals surface area (Å²) in [6.45, 7) is 8.08. The number of benzene rings is 1. The van der Waals surface area contributed by atoms with E-state index in [-0.39, 0.29) is 0 Å². The van der Waals surface area contributed by atoms with E-state index in [4.69, 9.17) is 0 Å². The molecule has 0 aromatic heterocycles. The third kappa shape index (κ3) is 1.11. The van der Waals surface area contributed by atoms with Gasteiger partial charge in [-0.15, -0.1) is 0 Å². The van der Waals surface area contributed by atoms with Crippen LogP contribution in [0, 0.1) is 27.7 Å². The molecule has 0 aliphatic heterocycles. The smallest absolute Gasteiger partial charge is 0.140 e. The number of hydrogen-bond acceptors (Lipinski definition) is 1. The molecule has 0 unspecified atom stereocenters. The lowest BCUT2D eigenvalue weighted by Gasteiger charge is -2.14. The van der Waals surface area contributed by atoms with Gasteiger partial charge in [-0.05, 0) is 44.4 Å². The topological polar surface area (TPSA) is 20.2 Å². The number of rotatable bonds is 0. The van der Waals surface area contributed by atoms with Gasteiger partial charge in [0, 0.05) is 0 Å². The Morgan fingerprint density at radius 2 is 1.33 bits per heavy atom. The van der Waals surface area contributed by atoms with Crippen molar-refractivity contribution in [3.05, 3.63) is 22.3 Å². The maximum Gasteiger partial charge on any atom is 0.140 e. The summed E-state index contributed by atoms with van der Waals surface area (Å²) in [6, 6.07) is 0. The van der Waals surface area contributed by atoms with Crippen molar-refractivity contribution in [3.63, 3.8) is 0 Å². The minimum Gasteiger partial charge on any atom is -0.507 e. The molecule has 1 aromatic rings. The zero-order valence-electron chi connectivity index (χ0n) is 8.45. The zero-order valence-corrected chi connectivity index (χ0v) is 8.45. The Bertz CT molecular complexity index is 224. The Labute approximate surface area is 74.8 Å². The van der Waals surface area contributed by atoms with E-state index in [0.29, 0.717) is 5.75 Å². The molecule has 0 saturated heterocycles. The van der Waals surface area contributed by atoms with Crippen LogP contribution in [-0.4, -0.2) is 13.0 Å². The van der Waals surface area contributed by atoms with Gasteiger partial charge in [0.05, 0.1) is 0 Å². The fourth-order valence-corrected chi connectivity index (χ4v) is 1.48. The average molecular weight is 162 g/mol. The molecule has 1 N–H and O–H groups in total. The van der Waals surface area contributed by atoms with E-state index in [2.05, 4.69) is 21.7 Å². The summed E-state index contributed by atoms with van der Waals surface area (Å²) >= 11 is 0. The fraction of sp³-hybridized carbons (Fsp3) is 0.400. The first-order valence-corrected chi connectivity index (χ1v) is 4.22. The molecule has 0 fully saturated rings. The van der Waals surface area contributed by atoms with Crippen molar-refractivity contribution in [3.8, 4) is 5.75 Å². The highest BCUT2D eigenvalue weighted by molar-refractivity contribution is 6.34. The van der Waals surface area contributed by atoms with E-state index < -0.39 is 0 Å². The van der Waals surface area contributed by atoms with Gasteiger partial charge in [-0.25, -0.2) is 0 Å². The normalized spacial score (nSPS) is 10.3. The maximum atomic E-state index is 9.69. The first-order chi connectivity index (χ1) is 5.46. The first kappa shape index (κ1) is 9.18. The third-order valence-electron chi connectivity index (χ3n) is 2.96. The van der Waals surface area contributed by atoms with Gasteiger partial charge in [-0.2, -0.15) is 0 Å². The molecule has 0 heterocycles. The summed E-state index contributed by atoms with van der Waals surface area (Å²) in [5, 5.41) is 9.69.